The van der Waals surface area contributed by atoms with Gasteiger partial charge in [-0.2, -0.15) is 5.10 Å². The Bertz CT molecular complexity index is 1400. The number of nitrogens with zero attached hydrogens (tertiary/aromatic N) is 2. The summed E-state index contributed by atoms with van der Waals surface area (Å²) in [6.07, 6.45) is 0.647. The Morgan fingerprint density at radius 2 is 1.46 bits per heavy atom. The summed E-state index contributed by atoms with van der Waals surface area (Å²) in [5, 5.41) is 7.56. The number of amides is 1. The van der Waals surface area contributed by atoms with Gasteiger partial charge in [-0.15, -0.1) is 0 Å². The Balaban J connectivity index is 1.52. The van der Waals surface area contributed by atoms with Crippen LogP contribution in [0.3, 0.4) is 0 Å². The number of carbonyl (C=O) groups is 1. The molecule has 0 saturated carbocycles. The Morgan fingerprint density at radius 3 is 2.08 bits per heavy atom. The van der Waals surface area contributed by atoms with E-state index in [0.29, 0.717) is 30.2 Å². The number of rotatable bonds is 9. The summed E-state index contributed by atoms with van der Waals surface area (Å²) in [6.45, 7) is 0.510. The van der Waals surface area contributed by atoms with Crippen LogP contribution < -0.4 is 18.9 Å². The average molecular weight is 500 g/mol. The molecule has 0 fully saturated rings. The molecular weight excluding hydrogens is 470 g/mol. The number of nitrogens with one attached hydrogen (secondary N) is 1. The van der Waals surface area contributed by atoms with Crippen molar-refractivity contribution in [1.82, 2.24) is 15.1 Å². The number of aromatic nitrogens is 2. The lowest BCUT2D eigenvalue weighted by molar-refractivity contribution is 0.0746. The zero-order valence-electron chi connectivity index (χ0n) is 21.3. The molecule has 1 amide bonds. The van der Waals surface area contributed by atoms with Gasteiger partial charge in [-0.25, -0.2) is 0 Å². The van der Waals surface area contributed by atoms with E-state index >= 15 is 0 Å². The van der Waals surface area contributed by atoms with E-state index in [1.165, 1.54) is 0 Å². The van der Waals surface area contributed by atoms with Crippen LogP contribution in [0.5, 0.6) is 23.0 Å². The number of methoxy groups -OCH3 is 4. The topological polar surface area (TPSA) is 85.9 Å². The fraction of sp³-hybridized carbons (Fsp3) is 0.241. The van der Waals surface area contributed by atoms with Crippen molar-refractivity contribution in [3.8, 4) is 34.3 Å². The number of carbonyl (C=O) groups excluding carboxylic acids is 1. The first-order valence-corrected chi connectivity index (χ1v) is 12.0. The summed E-state index contributed by atoms with van der Waals surface area (Å²) in [6, 6.07) is 21.1. The lowest BCUT2D eigenvalue weighted by atomic mass is 9.95. The minimum Gasteiger partial charge on any atom is -0.497 e. The summed E-state index contributed by atoms with van der Waals surface area (Å²) < 4.78 is 21.5. The number of ether oxygens (including phenoxy) is 4. The third-order valence-electron chi connectivity index (χ3n) is 6.75. The van der Waals surface area contributed by atoms with Gasteiger partial charge in [0.05, 0.1) is 40.2 Å². The molecule has 4 aromatic rings. The van der Waals surface area contributed by atoms with Gasteiger partial charge in [0.2, 0.25) is 0 Å². The van der Waals surface area contributed by atoms with E-state index in [-0.39, 0.29) is 11.9 Å². The Labute approximate surface area is 215 Å². The zero-order valence-corrected chi connectivity index (χ0v) is 21.3. The number of hydrogen-bond donors (Lipinski definition) is 1. The van der Waals surface area contributed by atoms with Crippen LogP contribution in [0.4, 0.5) is 0 Å². The molecule has 3 aromatic carbocycles. The van der Waals surface area contributed by atoms with Crippen LogP contribution in [0.2, 0.25) is 0 Å². The first-order valence-electron chi connectivity index (χ1n) is 12.0. The van der Waals surface area contributed by atoms with Crippen molar-refractivity contribution in [2.45, 2.75) is 12.5 Å². The van der Waals surface area contributed by atoms with E-state index in [4.69, 9.17) is 18.9 Å². The maximum absolute atomic E-state index is 13.7. The van der Waals surface area contributed by atoms with Crippen LogP contribution in [-0.2, 0) is 6.42 Å². The van der Waals surface area contributed by atoms with Gasteiger partial charge in [0.25, 0.3) is 5.91 Å². The summed E-state index contributed by atoms with van der Waals surface area (Å²) in [5.74, 6) is 2.77. The van der Waals surface area contributed by atoms with Crippen molar-refractivity contribution in [3.05, 3.63) is 89.1 Å². The molecule has 8 heteroatoms. The molecule has 2 heterocycles. The Morgan fingerprint density at radius 1 is 0.811 bits per heavy atom. The van der Waals surface area contributed by atoms with Crippen LogP contribution >= 0.6 is 0 Å². The molecule has 1 aromatic heterocycles. The standard InChI is InChI=1S/C29H29N3O5/c1-34-21-10-6-19(7-11-21)26-25-27(31-30-26)29(33)32(28(25)20-8-12-22(35-2)13-9-20)16-15-18-5-14-23(36-3)24(17-18)37-4/h5-14,17,28H,15-16H2,1-4H3,(H,30,31). The van der Waals surface area contributed by atoms with Crippen LogP contribution in [-0.4, -0.2) is 56.0 Å². The van der Waals surface area contributed by atoms with Crippen molar-refractivity contribution >= 4 is 5.91 Å². The number of aromatic amines is 1. The largest absolute Gasteiger partial charge is 0.497 e. The maximum atomic E-state index is 13.7. The second-order valence-corrected chi connectivity index (χ2v) is 8.70. The lowest BCUT2D eigenvalue weighted by Crippen LogP contribution is -2.31. The zero-order chi connectivity index (χ0) is 25.9. The molecule has 0 spiro atoms. The summed E-state index contributed by atoms with van der Waals surface area (Å²) in [4.78, 5) is 15.6. The van der Waals surface area contributed by atoms with Crippen LogP contribution in [0.1, 0.15) is 33.2 Å². The van der Waals surface area contributed by atoms with Crippen LogP contribution in [0.25, 0.3) is 11.3 Å². The highest BCUT2D eigenvalue weighted by Crippen LogP contribution is 2.43. The predicted molar refractivity (Wildman–Crippen MR) is 140 cm³/mol. The molecular formula is C29H29N3O5. The van der Waals surface area contributed by atoms with Crippen molar-refractivity contribution in [2.75, 3.05) is 35.0 Å². The van der Waals surface area contributed by atoms with E-state index in [1.54, 1.807) is 28.4 Å². The van der Waals surface area contributed by atoms with Crippen molar-refractivity contribution in [1.29, 1.82) is 0 Å². The molecule has 190 valence electrons. The summed E-state index contributed by atoms with van der Waals surface area (Å²) in [7, 11) is 6.50. The highest BCUT2D eigenvalue weighted by molar-refractivity contribution is 6.00. The van der Waals surface area contributed by atoms with Crippen molar-refractivity contribution in [3.63, 3.8) is 0 Å². The minimum atomic E-state index is -0.301. The average Bonchev–Trinajstić information content (AvgIpc) is 3.50. The van der Waals surface area contributed by atoms with Gasteiger partial charge >= 0.3 is 0 Å². The highest BCUT2D eigenvalue weighted by atomic mass is 16.5. The van der Waals surface area contributed by atoms with Gasteiger partial charge in [-0.05, 0) is 66.1 Å². The number of fused-ring (bicyclic) bond motifs is 1. The molecule has 0 aliphatic carbocycles. The second kappa shape index (κ2) is 10.3. The van der Waals surface area contributed by atoms with E-state index in [2.05, 4.69) is 10.2 Å². The quantitative estimate of drug-likeness (QED) is 0.353. The van der Waals surface area contributed by atoms with Gasteiger partial charge in [0.1, 0.15) is 17.2 Å². The molecule has 1 atom stereocenters. The Hall–Kier alpha value is -4.46. The van der Waals surface area contributed by atoms with Gasteiger partial charge in [-0.1, -0.05) is 18.2 Å². The highest BCUT2D eigenvalue weighted by Gasteiger charge is 2.42. The molecule has 8 nitrogen and oxygen atoms in total. The monoisotopic (exact) mass is 499 g/mol. The molecule has 1 aliphatic rings. The first kappa shape index (κ1) is 24.2. The maximum Gasteiger partial charge on any atom is 0.273 e. The third-order valence-corrected chi connectivity index (χ3v) is 6.75. The smallest absolute Gasteiger partial charge is 0.273 e. The summed E-state index contributed by atoms with van der Waals surface area (Å²) >= 11 is 0. The molecule has 5 rings (SSSR count). The lowest BCUT2D eigenvalue weighted by Gasteiger charge is -2.26. The number of benzene rings is 3. The molecule has 1 aliphatic heterocycles. The summed E-state index contributed by atoms with van der Waals surface area (Å²) in [5.41, 5.74) is 5.07. The Kier molecular flexibility index (Phi) is 6.72. The van der Waals surface area contributed by atoms with Gasteiger partial charge in [0, 0.05) is 17.7 Å². The van der Waals surface area contributed by atoms with Crippen LogP contribution in [0, 0.1) is 0 Å². The van der Waals surface area contributed by atoms with Crippen molar-refractivity contribution < 1.29 is 23.7 Å². The SMILES string of the molecule is COc1ccc(-c2n[nH]c3c2C(c2ccc(OC)cc2)N(CCc2ccc(OC)c(OC)c2)C3=O)cc1. The van der Waals surface area contributed by atoms with Gasteiger partial charge in [-0.3, -0.25) is 9.89 Å². The number of hydrogen-bond acceptors (Lipinski definition) is 6. The molecule has 1 unspecified atom stereocenters. The van der Waals surface area contributed by atoms with E-state index in [9.17, 15) is 4.79 Å². The third kappa shape index (κ3) is 4.46. The predicted octanol–water partition coefficient (Wildman–Crippen LogP) is 4.90. The molecule has 1 N–H and O–H groups in total. The first-order chi connectivity index (χ1) is 18.1. The van der Waals surface area contributed by atoms with Gasteiger partial charge in [0.15, 0.2) is 11.5 Å². The van der Waals surface area contributed by atoms with Crippen LogP contribution in [0.15, 0.2) is 66.7 Å². The van der Waals surface area contributed by atoms with Crippen molar-refractivity contribution in [2.24, 2.45) is 0 Å². The van der Waals surface area contributed by atoms with E-state index in [1.807, 2.05) is 71.6 Å². The van der Waals surface area contributed by atoms with E-state index < -0.39 is 0 Å². The van der Waals surface area contributed by atoms with Gasteiger partial charge < -0.3 is 23.8 Å². The second-order valence-electron chi connectivity index (χ2n) is 8.70. The fourth-order valence-corrected chi connectivity index (χ4v) is 4.81. The molecule has 37 heavy (non-hydrogen) atoms. The normalized spacial score (nSPS) is 14.4. The molecule has 0 bridgehead atoms. The molecule has 0 radical (unpaired) electrons. The van der Waals surface area contributed by atoms with E-state index in [0.717, 1.165) is 39.4 Å². The molecule has 0 saturated heterocycles. The number of H-pyrrole nitrogens is 1. The minimum absolute atomic E-state index is 0.0800. The fourth-order valence-electron chi connectivity index (χ4n) is 4.81.